The van der Waals surface area contributed by atoms with Crippen LogP contribution in [0.1, 0.15) is 26.7 Å². The minimum absolute atomic E-state index is 0.0542. The minimum atomic E-state index is -1.09. The molecule has 0 radical (unpaired) electrons. The van der Waals surface area contributed by atoms with Crippen molar-refractivity contribution in [3.63, 3.8) is 0 Å². The number of carboxylic acid groups (broad SMARTS) is 1. The molecule has 0 aromatic rings. The van der Waals surface area contributed by atoms with Crippen molar-refractivity contribution in [1.82, 2.24) is 5.01 Å². The third-order valence-electron chi connectivity index (χ3n) is 1.95. The summed E-state index contributed by atoms with van der Waals surface area (Å²) in [4.78, 5) is 26.0. The number of hydrogen-bond donors (Lipinski definition) is 1. The molecular formula is C10H19N3O7. The highest BCUT2D eigenvalue weighted by Gasteiger charge is 2.13. The van der Waals surface area contributed by atoms with E-state index in [2.05, 4.69) is 19.6 Å². The van der Waals surface area contributed by atoms with Crippen molar-refractivity contribution < 1.29 is 34.0 Å². The second kappa shape index (κ2) is 9.64. The molecule has 0 saturated heterocycles. The first-order valence-corrected chi connectivity index (χ1v) is 5.97. The Morgan fingerprint density at radius 3 is 2.70 bits per heavy atom. The average Bonchev–Trinajstić information content (AvgIpc) is 2.35. The van der Waals surface area contributed by atoms with Crippen molar-refractivity contribution >= 4 is 12.1 Å². The van der Waals surface area contributed by atoms with Gasteiger partial charge >= 0.3 is 12.1 Å². The Balaban J connectivity index is 4.03. The molecule has 0 saturated carbocycles. The van der Waals surface area contributed by atoms with E-state index >= 15 is 0 Å². The maximum atomic E-state index is 11.4. The predicted molar refractivity (Wildman–Crippen MR) is 64.2 cm³/mol. The molecule has 0 rings (SSSR count). The van der Waals surface area contributed by atoms with Gasteiger partial charge in [0, 0.05) is 13.3 Å². The molecule has 0 bridgehead atoms. The molecule has 0 fully saturated rings. The first-order chi connectivity index (χ1) is 9.36. The van der Waals surface area contributed by atoms with Crippen molar-refractivity contribution in [1.29, 1.82) is 0 Å². The second-order valence-corrected chi connectivity index (χ2v) is 3.69. The van der Waals surface area contributed by atoms with E-state index in [0.29, 0.717) is 0 Å². The van der Waals surface area contributed by atoms with Gasteiger partial charge in [-0.05, 0) is 13.3 Å². The van der Waals surface area contributed by atoms with Gasteiger partial charge in [-0.25, -0.2) is 4.79 Å². The van der Waals surface area contributed by atoms with E-state index in [1.807, 2.05) is 0 Å². The monoisotopic (exact) mass is 293 g/mol. The van der Waals surface area contributed by atoms with Crippen LogP contribution in [0.25, 0.3) is 0 Å². The molecule has 0 aliphatic heterocycles. The molecule has 0 spiro atoms. The van der Waals surface area contributed by atoms with Crippen LogP contribution in [0.5, 0.6) is 0 Å². The lowest BCUT2D eigenvalue weighted by molar-refractivity contribution is -0.707. The molecule has 1 atom stereocenters. The molecule has 10 nitrogen and oxygen atoms in total. The molecule has 0 aliphatic carbocycles. The molecule has 1 N–H and O–H groups in total. The average molecular weight is 293 g/mol. The number of carbonyl (C=O) groups excluding carboxylic acids is 1. The summed E-state index contributed by atoms with van der Waals surface area (Å²) in [7, 11) is 1.42. The van der Waals surface area contributed by atoms with Crippen LogP contribution in [-0.2, 0) is 19.1 Å². The number of hydrogen-bond acceptors (Lipinski definition) is 7. The van der Waals surface area contributed by atoms with Gasteiger partial charge in [-0.1, -0.05) is 0 Å². The SMILES string of the molecule is CCOC(=O)OC(C)O/N=[N+](\[O-])N(C)CCCC(=O)O. The summed E-state index contributed by atoms with van der Waals surface area (Å²) < 4.78 is 9.10. The zero-order chi connectivity index (χ0) is 15.5. The summed E-state index contributed by atoms with van der Waals surface area (Å²) in [6.07, 6.45) is -1.78. The van der Waals surface area contributed by atoms with Crippen molar-refractivity contribution in [3.8, 4) is 0 Å². The van der Waals surface area contributed by atoms with Crippen LogP contribution in [-0.4, -0.2) is 53.7 Å². The van der Waals surface area contributed by atoms with Crippen LogP contribution >= 0.6 is 0 Å². The molecule has 1 unspecified atom stereocenters. The summed E-state index contributed by atoms with van der Waals surface area (Å²) in [6, 6.07) is 0. The Bertz CT molecular complexity index is 348. The van der Waals surface area contributed by atoms with Gasteiger partial charge < -0.3 is 19.8 Å². The lowest BCUT2D eigenvalue weighted by atomic mass is 10.3. The number of aliphatic carboxylic acids is 1. The predicted octanol–water partition coefficient (Wildman–Crippen LogP) is 1.11. The van der Waals surface area contributed by atoms with E-state index in [9.17, 15) is 14.8 Å². The number of hydrazine groups is 1. The van der Waals surface area contributed by atoms with Gasteiger partial charge in [-0.15, -0.1) is 5.01 Å². The standard InChI is InChI=1S/C10H19N3O7/c1-4-18-10(16)19-8(2)20-11-13(17)12(3)7-5-6-9(14)15/h8H,4-7H2,1-3H3,(H,14,15)/b13-11-. The van der Waals surface area contributed by atoms with E-state index in [1.54, 1.807) is 6.92 Å². The molecule has 116 valence electrons. The normalized spacial score (nSPS) is 12.4. The van der Waals surface area contributed by atoms with Crippen LogP contribution in [0.3, 0.4) is 0 Å². The maximum absolute atomic E-state index is 11.4. The Hall–Kier alpha value is -2.26. The van der Waals surface area contributed by atoms with Crippen LogP contribution in [0.15, 0.2) is 5.28 Å². The van der Waals surface area contributed by atoms with E-state index in [0.717, 1.165) is 5.01 Å². The van der Waals surface area contributed by atoms with E-state index in [1.165, 1.54) is 14.0 Å². The number of rotatable bonds is 9. The molecule has 0 aromatic heterocycles. The first kappa shape index (κ1) is 17.7. The first-order valence-electron chi connectivity index (χ1n) is 5.97. The lowest BCUT2D eigenvalue weighted by Gasteiger charge is -2.13. The largest absolute Gasteiger partial charge is 0.569 e. The minimum Gasteiger partial charge on any atom is -0.569 e. The molecule has 10 heteroatoms. The smallest absolute Gasteiger partial charge is 0.511 e. The van der Waals surface area contributed by atoms with Gasteiger partial charge in [0.1, 0.15) is 0 Å². The van der Waals surface area contributed by atoms with Crippen LogP contribution < -0.4 is 0 Å². The number of ether oxygens (including phenoxy) is 2. The summed E-state index contributed by atoms with van der Waals surface area (Å²) in [5.41, 5.74) is 0. The molecule has 0 heterocycles. The second-order valence-electron chi connectivity index (χ2n) is 3.69. The fourth-order valence-electron chi connectivity index (χ4n) is 1.02. The van der Waals surface area contributed by atoms with Gasteiger partial charge in [0.15, 0.2) is 0 Å². The molecule has 0 aromatic carbocycles. The molecule has 0 aliphatic rings. The molecule has 20 heavy (non-hydrogen) atoms. The van der Waals surface area contributed by atoms with Gasteiger partial charge in [0.25, 0.3) is 6.29 Å². The summed E-state index contributed by atoms with van der Waals surface area (Å²) in [5, 5.41) is 24.1. The fraction of sp³-hybridized carbons (Fsp3) is 0.800. The Morgan fingerprint density at radius 2 is 2.15 bits per heavy atom. The summed E-state index contributed by atoms with van der Waals surface area (Å²) in [6.45, 7) is 3.32. The van der Waals surface area contributed by atoms with E-state index in [-0.39, 0.29) is 31.0 Å². The van der Waals surface area contributed by atoms with Gasteiger partial charge in [-0.2, -0.15) is 0 Å². The van der Waals surface area contributed by atoms with Gasteiger partial charge in [0.05, 0.1) is 25.2 Å². The number of carbonyl (C=O) groups is 2. The summed E-state index contributed by atoms with van der Waals surface area (Å²) >= 11 is 0. The fourth-order valence-corrected chi connectivity index (χ4v) is 1.02. The van der Waals surface area contributed by atoms with Gasteiger partial charge in [0.2, 0.25) is 5.28 Å². The van der Waals surface area contributed by atoms with Gasteiger partial charge in [-0.3, -0.25) is 9.63 Å². The Kier molecular flexibility index (Phi) is 8.55. The van der Waals surface area contributed by atoms with Crippen molar-refractivity contribution in [2.45, 2.75) is 33.0 Å². The molecular weight excluding hydrogens is 274 g/mol. The van der Waals surface area contributed by atoms with Crippen LogP contribution in [0.4, 0.5) is 4.79 Å². The topological polar surface area (TPSA) is 124 Å². The van der Waals surface area contributed by atoms with E-state index in [4.69, 9.17) is 5.11 Å². The van der Waals surface area contributed by atoms with Crippen LogP contribution in [0.2, 0.25) is 0 Å². The number of carboxylic acids is 1. The highest BCUT2D eigenvalue weighted by molar-refractivity contribution is 5.66. The lowest BCUT2D eigenvalue weighted by Crippen LogP contribution is -2.28. The quantitative estimate of drug-likeness (QED) is 0.220. The highest BCUT2D eigenvalue weighted by atomic mass is 16.8. The molecule has 0 amide bonds. The van der Waals surface area contributed by atoms with E-state index < -0.39 is 18.4 Å². The Labute approximate surface area is 116 Å². The maximum Gasteiger partial charge on any atom is 0.511 e. The highest BCUT2D eigenvalue weighted by Crippen LogP contribution is 1.99. The third kappa shape index (κ3) is 8.78. The number of nitrogens with zero attached hydrogens (tertiary/aromatic N) is 3. The van der Waals surface area contributed by atoms with Crippen LogP contribution in [0, 0.1) is 5.21 Å². The summed E-state index contributed by atoms with van der Waals surface area (Å²) in [5.74, 6) is -0.944. The Morgan fingerprint density at radius 1 is 1.50 bits per heavy atom. The van der Waals surface area contributed by atoms with Crippen molar-refractivity contribution in [2.24, 2.45) is 5.28 Å². The van der Waals surface area contributed by atoms with Crippen molar-refractivity contribution in [2.75, 3.05) is 20.2 Å². The third-order valence-corrected chi connectivity index (χ3v) is 1.95. The van der Waals surface area contributed by atoms with Crippen molar-refractivity contribution in [3.05, 3.63) is 5.21 Å². The zero-order valence-corrected chi connectivity index (χ0v) is 11.6. The zero-order valence-electron chi connectivity index (χ0n) is 11.6.